The molecular weight excluding hydrogens is 279 g/mol. The standard InChI is InChI=1S/C14H9FN2O4/c15-9-5-7(1-3-10(9)18)13-16-14(21-17-13)8-2-4-11(19)12(20)6-8/h1-6,18-20H. The fraction of sp³-hybridized carbons (Fsp3) is 0. The summed E-state index contributed by atoms with van der Waals surface area (Å²) in [6.07, 6.45) is 0. The summed E-state index contributed by atoms with van der Waals surface area (Å²) in [7, 11) is 0. The van der Waals surface area contributed by atoms with Crippen LogP contribution in [0.5, 0.6) is 17.2 Å². The highest BCUT2D eigenvalue weighted by Crippen LogP contribution is 2.31. The predicted molar refractivity (Wildman–Crippen MR) is 70.1 cm³/mol. The molecule has 1 aromatic heterocycles. The van der Waals surface area contributed by atoms with Gasteiger partial charge in [0.1, 0.15) is 0 Å². The van der Waals surface area contributed by atoms with Crippen molar-refractivity contribution in [2.24, 2.45) is 0 Å². The van der Waals surface area contributed by atoms with E-state index in [1.807, 2.05) is 0 Å². The maximum Gasteiger partial charge on any atom is 0.258 e. The van der Waals surface area contributed by atoms with E-state index in [0.717, 1.165) is 6.07 Å². The van der Waals surface area contributed by atoms with E-state index < -0.39 is 11.6 Å². The summed E-state index contributed by atoms with van der Waals surface area (Å²) in [4.78, 5) is 4.07. The van der Waals surface area contributed by atoms with Gasteiger partial charge in [-0.15, -0.1) is 0 Å². The number of phenolic OH excluding ortho intramolecular Hbond substituents is 3. The monoisotopic (exact) mass is 288 g/mol. The van der Waals surface area contributed by atoms with Crippen molar-refractivity contribution in [3.63, 3.8) is 0 Å². The maximum atomic E-state index is 13.3. The van der Waals surface area contributed by atoms with Crippen LogP contribution in [0.4, 0.5) is 4.39 Å². The summed E-state index contributed by atoms with van der Waals surface area (Å²) in [6.45, 7) is 0. The Morgan fingerprint density at radius 2 is 1.57 bits per heavy atom. The highest BCUT2D eigenvalue weighted by molar-refractivity contribution is 5.63. The van der Waals surface area contributed by atoms with Crippen LogP contribution in [0.3, 0.4) is 0 Å². The largest absolute Gasteiger partial charge is 0.505 e. The second-order valence-corrected chi connectivity index (χ2v) is 4.29. The zero-order chi connectivity index (χ0) is 15.0. The molecule has 3 aromatic rings. The van der Waals surface area contributed by atoms with E-state index >= 15 is 0 Å². The molecule has 1 heterocycles. The Labute approximate surface area is 117 Å². The molecule has 6 nitrogen and oxygen atoms in total. The maximum absolute atomic E-state index is 13.3. The third-order valence-corrected chi connectivity index (χ3v) is 2.85. The van der Waals surface area contributed by atoms with Crippen molar-refractivity contribution in [3.8, 4) is 40.1 Å². The quantitative estimate of drug-likeness (QED) is 0.627. The van der Waals surface area contributed by atoms with Crippen LogP contribution in [0, 0.1) is 5.82 Å². The third-order valence-electron chi connectivity index (χ3n) is 2.85. The number of phenols is 3. The number of nitrogens with zero attached hydrogens (tertiary/aromatic N) is 2. The van der Waals surface area contributed by atoms with E-state index in [1.165, 1.54) is 30.3 Å². The van der Waals surface area contributed by atoms with Crippen molar-refractivity contribution in [2.75, 3.05) is 0 Å². The fourth-order valence-corrected chi connectivity index (χ4v) is 1.76. The molecule has 3 rings (SSSR count). The lowest BCUT2D eigenvalue weighted by atomic mass is 10.2. The molecular formula is C14H9FN2O4. The van der Waals surface area contributed by atoms with Gasteiger partial charge in [0.05, 0.1) is 0 Å². The smallest absolute Gasteiger partial charge is 0.258 e. The van der Waals surface area contributed by atoms with E-state index in [2.05, 4.69) is 10.1 Å². The van der Waals surface area contributed by atoms with Gasteiger partial charge >= 0.3 is 0 Å². The molecule has 7 heteroatoms. The Bertz CT molecular complexity index is 750. The van der Waals surface area contributed by atoms with Gasteiger partial charge in [-0.25, -0.2) is 4.39 Å². The number of rotatable bonds is 2. The van der Waals surface area contributed by atoms with Crippen molar-refractivity contribution in [2.45, 2.75) is 0 Å². The number of hydrogen-bond donors (Lipinski definition) is 3. The second-order valence-electron chi connectivity index (χ2n) is 4.29. The van der Waals surface area contributed by atoms with Crippen molar-refractivity contribution < 1.29 is 24.2 Å². The van der Waals surface area contributed by atoms with Gasteiger partial charge < -0.3 is 19.8 Å². The van der Waals surface area contributed by atoms with Crippen LogP contribution < -0.4 is 0 Å². The number of aromatic nitrogens is 2. The predicted octanol–water partition coefficient (Wildman–Crippen LogP) is 2.66. The minimum Gasteiger partial charge on any atom is -0.505 e. The summed E-state index contributed by atoms with van der Waals surface area (Å²) in [5.41, 5.74) is 0.742. The van der Waals surface area contributed by atoms with Gasteiger partial charge in [-0.3, -0.25) is 0 Å². The van der Waals surface area contributed by atoms with Gasteiger partial charge in [0, 0.05) is 11.1 Å². The summed E-state index contributed by atoms with van der Waals surface area (Å²) in [6, 6.07) is 7.76. The highest BCUT2D eigenvalue weighted by Gasteiger charge is 2.13. The first-order chi connectivity index (χ1) is 10.0. The number of halogens is 1. The third kappa shape index (κ3) is 2.36. The van der Waals surface area contributed by atoms with Gasteiger partial charge in [0.15, 0.2) is 23.1 Å². The Morgan fingerprint density at radius 3 is 2.29 bits per heavy atom. The molecule has 21 heavy (non-hydrogen) atoms. The molecule has 0 atom stereocenters. The van der Waals surface area contributed by atoms with Gasteiger partial charge in [0.2, 0.25) is 5.82 Å². The van der Waals surface area contributed by atoms with E-state index in [9.17, 15) is 14.6 Å². The first-order valence-corrected chi connectivity index (χ1v) is 5.89. The highest BCUT2D eigenvalue weighted by atomic mass is 19.1. The molecule has 0 amide bonds. The molecule has 0 aliphatic carbocycles. The molecule has 0 saturated carbocycles. The van der Waals surface area contributed by atoms with E-state index in [1.54, 1.807) is 0 Å². The van der Waals surface area contributed by atoms with E-state index in [-0.39, 0.29) is 23.2 Å². The average molecular weight is 288 g/mol. The van der Waals surface area contributed by atoms with E-state index in [4.69, 9.17) is 9.63 Å². The summed E-state index contributed by atoms with van der Waals surface area (Å²) >= 11 is 0. The van der Waals surface area contributed by atoms with Crippen molar-refractivity contribution in [1.29, 1.82) is 0 Å². The molecule has 0 unspecified atom stereocenters. The molecule has 0 aliphatic rings. The summed E-state index contributed by atoms with van der Waals surface area (Å²) in [5, 5.41) is 31.5. The molecule has 0 radical (unpaired) electrons. The minimum absolute atomic E-state index is 0.105. The Hall–Kier alpha value is -3.09. The summed E-state index contributed by atoms with van der Waals surface area (Å²) < 4.78 is 18.3. The van der Waals surface area contributed by atoms with Gasteiger partial charge in [-0.2, -0.15) is 4.98 Å². The number of hydrogen-bond acceptors (Lipinski definition) is 6. The van der Waals surface area contributed by atoms with Crippen LogP contribution in [-0.2, 0) is 0 Å². The first-order valence-electron chi connectivity index (χ1n) is 5.89. The van der Waals surface area contributed by atoms with E-state index in [0.29, 0.717) is 11.1 Å². The van der Waals surface area contributed by atoms with Crippen LogP contribution in [-0.4, -0.2) is 25.5 Å². The molecule has 0 bridgehead atoms. The minimum atomic E-state index is -0.791. The zero-order valence-electron chi connectivity index (χ0n) is 10.5. The van der Waals surface area contributed by atoms with Crippen LogP contribution in [0.2, 0.25) is 0 Å². The van der Waals surface area contributed by atoms with Crippen LogP contribution >= 0.6 is 0 Å². The molecule has 0 spiro atoms. The SMILES string of the molecule is Oc1ccc(-c2nc(-c3ccc(O)c(F)c3)no2)cc1O. The molecule has 106 valence electrons. The Morgan fingerprint density at radius 1 is 0.857 bits per heavy atom. The molecule has 3 N–H and O–H groups in total. The summed E-state index contributed by atoms with van der Waals surface area (Å²) in [5.74, 6) is -1.60. The topological polar surface area (TPSA) is 99.6 Å². The van der Waals surface area contributed by atoms with Crippen molar-refractivity contribution in [3.05, 3.63) is 42.2 Å². The van der Waals surface area contributed by atoms with Crippen LogP contribution in [0.25, 0.3) is 22.8 Å². The first kappa shape index (κ1) is 12.9. The van der Waals surface area contributed by atoms with Crippen LogP contribution in [0.15, 0.2) is 40.9 Å². The number of aromatic hydroxyl groups is 3. The normalized spacial score (nSPS) is 10.7. The van der Waals surface area contributed by atoms with Gasteiger partial charge in [-0.05, 0) is 36.4 Å². The Balaban J connectivity index is 1.99. The lowest BCUT2D eigenvalue weighted by molar-refractivity contribution is 0.402. The average Bonchev–Trinajstić information content (AvgIpc) is 2.94. The lowest BCUT2D eigenvalue weighted by Crippen LogP contribution is -1.84. The fourth-order valence-electron chi connectivity index (χ4n) is 1.76. The van der Waals surface area contributed by atoms with Gasteiger partial charge in [0.25, 0.3) is 5.89 Å². The Kier molecular flexibility index (Phi) is 2.94. The van der Waals surface area contributed by atoms with Gasteiger partial charge in [-0.1, -0.05) is 5.16 Å². The number of benzene rings is 2. The van der Waals surface area contributed by atoms with Crippen LogP contribution in [0.1, 0.15) is 0 Å². The van der Waals surface area contributed by atoms with Crippen molar-refractivity contribution in [1.82, 2.24) is 10.1 Å². The lowest BCUT2D eigenvalue weighted by Gasteiger charge is -1.98. The molecule has 2 aromatic carbocycles. The second kappa shape index (κ2) is 4.78. The zero-order valence-corrected chi connectivity index (χ0v) is 10.5. The molecule has 0 fully saturated rings. The molecule has 0 aliphatic heterocycles. The molecule has 0 saturated heterocycles. The van der Waals surface area contributed by atoms with Crippen molar-refractivity contribution >= 4 is 0 Å².